The number of fused-ring (bicyclic) bond motifs is 1. The highest BCUT2D eigenvalue weighted by molar-refractivity contribution is 6.30. The molecule has 164 valence electrons. The first-order valence-corrected chi connectivity index (χ1v) is 10.4. The fourth-order valence-corrected chi connectivity index (χ4v) is 4.31. The van der Waals surface area contributed by atoms with E-state index in [1.807, 2.05) is 0 Å². The molecular weight excluding hydrogens is 431 g/mol. The molecule has 1 N–H and O–H groups in total. The molecule has 1 aromatic heterocycles. The number of hydrogen-bond acceptors (Lipinski definition) is 4. The van der Waals surface area contributed by atoms with E-state index in [0.717, 1.165) is 25.9 Å². The minimum absolute atomic E-state index is 0.00388. The van der Waals surface area contributed by atoms with Crippen molar-refractivity contribution in [1.82, 2.24) is 4.90 Å². The highest BCUT2D eigenvalue weighted by atomic mass is 35.5. The Morgan fingerprint density at radius 2 is 1.90 bits per heavy atom. The molecule has 1 saturated heterocycles. The van der Waals surface area contributed by atoms with Gasteiger partial charge in [0.15, 0.2) is 0 Å². The zero-order valence-electron chi connectivity index (χ0n) is 16.8. The molecule has 3 aromatic rings. The maximum absolute atomic E-state index is 13.9. The van der Waals surface area contributed by atoms with E-state index in [1.54, 1.807) is 0 Å². The van der Waals surface area contributed by atoms with Crippen LogP contribution in [0.25, 0.3) is 22.1 Å². The second-order valence-corrected chi connectivity index (χ2v) is 8.50. The summed E-state index contributed by atoms with van der Waals surface area (Å²) in [6.45, 7) is 3.83. The van der Waals surface area contributed by atoms with Crippen LogP contribution in [-0.2, 0) is 12.7 Å². The third kappa shape index (κ3) is 4.29. The van der Waals surface area contributed by atoms with E-state index < -0.39 is 22.9 Å². The van der Waals surface area contributed by atoms with Gasteiger partial charge in [-0.1, -0.05) is 30.7 Å². The molecule has 0 bridgehead atoms. The van der Waals surface area contributed by atoms with Gasteiger partial charge in [0, 0.05) is 18.1 Å². The molecule has 0 radical (unpaired) electrons. The summed E-state index contributed by atoms with van der Waals surface area (Å²) in [4.78, 5) is 15.3. The number of aromatic hydroxyl groups is 1. The van der Waals surface area contributed by atoms with Gasteiger partial charge in [0.25, 0.3) is 0 Å². The Kier molecular flexibility index (Phi) is 5.75. The van der Waals surface area contributed by atoms with Gasteiger partial charge in [-0.25, -0.2) is 0 Å². The van der Waals surface area contributed by atoms with Gasteiger partial charge in [-0.3, -0.25) is 9.69 Å². The lowest BCUT2D eigenvalue weighted by Gasteiger charge is -2.31. The lowest BCUT2D eigenvalue weighted by atomic mass is 9.98. The van der Waals surface area contributed by atoms with Crippen molar-refractivity contribution in [2.24, 2.45) is 5.92 Å². The molecule has 0 saturated carbocycles. The molecule has 0 aliphatic carbocycles. The Hall–Kier alpha value is -2.51. The molecule has 0 spiro atoms. The van der Waals surface area contributed by atoms with Gasteiger partial charge < -0.3 is 9.52 Å². The van der Waals surface area contributed by atoms with E-state index in [-0.39, 0.29) is 34.4 Å². The van der Waals surface area contributed by atoms with Crippen molar-refractivity contribution in [3.8, 4) is 16.9 Å². The van der Waals surface area contributed by atoms with Gasteiger partial charge in [0.2, 0.25) is 11.2 Å². The van der Waals surface area contributed by atoms with Crippen molar-refractivity contribution in [1.29, 1.82) is 0 Å². The van der Waals surface area contributed by atoms with Crippen molar-refractivity contribution in [2.75, 3.05) is 13.1 Å². The molecule has 1 unspecified atom stereocenters. The molecule has 8 heteroatoms. The van der Waals surface area contributed by atoms with Crippen LogP contribution in [0.2, 0.25) is 5.02 Å². The van der Waals surface area contributed by atoms with Crippen LogP contribution >= 0.6 is 11.6 Å². The lowest BCUT2D eigenvalue weighted by molar-refractivity contribution is -0.152. The van der Waals surface area contributed by atoms with E-state index in [1.165, 1.54) is 36.4 Å². The van der Waals surface area contributed by atoms with E-state index in [2.05, 4.69) is 11.8 Å². The molecule has 0 amide bonds. The van der Waals surface area contributed by atoms with Crippen LogP contribution in [0.15, 0.2) is 45.6 Å². The van der Waals surface area contributed by atoms with Crippen LogP contribution in [0.4, 0.5) is 13.2 Å². The molecule has 1 aliphatic rings. The average Bonchev–Trinajstić information content (AvgIpc) is 2.70. The summed E-state index contributed by atoms with van der Waals surface area (Å²) in [6, 6.07) is 8.18. The number of halogens is 4. The molecular formula is C23H21ClF3NO3. The first-order valence-electron chi connectivity index (χ1n) is 10.0. The van der Waals surface area contributed by atoms with Gasteiger partial charge in [0.05, 0.1) is 16.5 Å². The summed E-state index contributed by atoms with van der Waals surface area (Å²) >= 11 is 5.85. The smallest absolute Gasteiger partial charge is 0.450 e. The molecule has 4 nitrogen and oxygen atoms in total. The molecule has 4 rings (SSSR count). The number of rotatable bonds is 3. The molecule has 1 fully saturated rings. The van der Waals surface area contributed by atoms with E-state index >= 15 is 0 Å². The largest absolute Gasteiger partial charge is 0.507 e. The highest BCUT2D eigenvalue weighted by Gasteiger charge is 2.40. The number of phenols is 1. The van der Waals surface area contributed by atoms with Crippen molar-refractivity contribution in [3.63, 3.8) is 0 Å². The minimum atomic E-state index is -4.90. The Morgan fingerprint density at radius 3 is 2.55 bits per heavy atom. The number of alkyl halides is 3. The quantitative estimate of drug-likeness (QED) is 0.525. The summed E-state index contributed by atoms with van der Waals surface area (Å²) in [5.74, 6) is -1.13. The third-order valence-corrected chi connectivity index (χ3v) is 5.90. The Bertz CT molecular complexity index is 1170. The normalized spacial score (nSPS) is 17.9. The van der Waals surface area contributed by atoms with Crippen LogP contribution < -0.4 is 5.43 Å². The molecule has 2 heterocycles. The predicted octanol–water partition coefficient (Wildman–Crippen LogP) is 6.07. The van der Waals surface area contributed by atoms with Crippen molar-refractivity contribution in [3.05, 3.63) is 63.0 Å². The fourth-order valence-electron chi connectivity index (χ4n) is 4.19. The number of nitrogens with zero attached hydrogens (tertiary/aromatic N) is 1. The highest BCUT2D eigenvalue weighted by Crippen LogP contribution is 2.39. The van der Waals surface area contributed by atoms with Crippen LogP contribution in [-0.4, -0.2) is 23.1 Å². The zero-order valence-corrected chi connectivity index (χ0v) is 17.6. The predicted molar refractivity (Wildman–Crippen MR) is 113 cm³/mol. The summed E-state index contributed by atoms with van der Waals surface area (Å²) < 4.78 is 47.2. The van der Waals surface area contributed by atoms with Crippen LogP contribution in [0, 0.1) is 5.92 Å². The molecule has 31 heavy (non-hydrogen) atoms. The number of hydrogen-bond donors (Lipinski definition) is 1. The summed E-state index contributed by atoms with van der Waals surface area (Å²) in [5.41, 5.74) is -1.35. The van der Waals surface area contributed by atoms with Crippen LogP contribution in [0.1, 0.15) is 31.1 Å². The van der Waals surface area contributed by atoms with Crippen molar-refractivity contribution in [2.45, 2.75) is 32.5 Å². The summed E-state index contributed by atoms with van der Waals surface area (Å²) in [5, 5.41) is 10.8. The molecule has 1 atom stereocenters. The van der Waals surface area contributed by atoms with E-state index in [9.17, 15) is 23.1 Å². The van der Waals surface area contributed by atoms with Gasteiger partial charge in [-0.15, -0.1) is 0 Å². The second-order valence-electron chi connectivity index (χ2n) is 8.06. The Labute approximate surface area is 181 Å². The fraction of sp³-hybridized carbons (Fsp3) is 0.348. The number of benzene rings is 2. The number of likely N-dealkylation sites (tertiary alicyclic amines) is 1. The SMILES string of the molecule is CC1CCCN(Cc2c(O)ccc3c(=O)c(-c4ccc(Cl)cc4)c(C(F)(F)F)oc23)C1. The minimum Gasteiger partial charge on any atom is -0.507 e. The standard InChI is InChI=1S/C23H21ClF3NO3/c1-13-3-2-10-28(11-13)12-17-18(29)9-8-16-20(30)19(14-4-6-15(24)7-5-14)22(23(25,26)27)31-21(16)17/h4-9,13,29H,2-3,10-12H2,1H3. The topological polar surface area (TPSA) is 53.7 Å². The lowest BCUT2D eigenvalue weighted by Crippen LogP contribution is -2.33. The van der Waals surface area contributed by atoms with E-state index in [4.69, 9.17) is 16.0 Å². The molecule has 2 aromatic carbocycles. The maximum Gasteiger partial charge on any atom is 0.450 e. The molecule has 1 aliphatic heterocycles. The Morgan fingerprint density at radius 1 is 1.19 bits per heavy atom. The first kappa shape index (κ1) is 21.7. The van der Waals surface area contributed by atoms with Crippen molar-refractivity contribution < 1.29 is 22.7 Å². The third-order valence-electron chi connectivity index (χ3n) is 5.65. The van der Waals surface area contributed by atoms with E-state index in [0.29, 0.717) is 10.9 Å². The number of piperidine rings is 1. The van der Waals surface area contributed by atoms with Crippen LogP contribution in [0.5, 0.6) is 5.75 Å². The van der Waals surface area contributed by atoms with Crippen molar-refractivity contribution >= 4 is 22.6 Å². The number of phenolic OH excluding ortho intramolecular Hbond substituents is 1. The van der Waals surface area contributed by atoms with Gasteiger partial charge >= 0.3 is 6.18 Å². The van der Waals surface area contributed by atoms with Crippen LogP contribution in [0.3, 0.4) is 0 Å². The van der Waals surface area contributed by atoms with Gasteiger partial charge in [0.1, 0.15) is 11.3 Å². The summed E-state index contributed by atoms with van der Waals surface area (Å²) in [6.07, 6.45) is -2.86. The summed E-state index contributed by atoms with van der Waals surface area (Å²) in [7, 11) is 0. The second kappa shape index (κ2) is 8.20. The zero-order chi connectivity index (χ0) is 22.3. The van der Waals surface area contributed by atoms with Gasteiger partial charge in [-0.2, -0.15) is 13.2 Å². The van der Waals surface area contributed by atoms with Gasteiger partial charge in [-0.05, 0) is 55.1 Å². The average molecular weight is 452 g/mol. The first-order chi connectivity index (χ1) is 14.6. The monoisotopic (exact) mass is 451 g/mol. The maximum atomic E-state index is 13.9. The Balaban J connectivity index is 1.94.